The number of esters is 1. The Morgan fingerprint density at radius 1 is 1.16 bits per heavy atom. The van der Waals surface area contributed by atoms with Crippen molar-refractivity contribution in [2.24, 2.45) is 11.8 Å². The second-order valence-electron chi connectivity index (χ2n) is 7.27. The van der Waals surface area contributed by atoms with Crippen LogP contribution < -0.4 is 0 Å². The van der Waals surface area contributed by atoms with Crippen molar-refractivity contribution in [1.29, 1.82) is 0 Å². The highest BCUT2D eigenvalue weighted by Gasteiger charge is 2.47. The smallest absolute Gasteiger partial charge is 0.338 e. The summed E-state index contributed by atoms with van der Waals surface area (Å²) < 4.78 is 5.05. The van der Waals surface area contributed by atoms with Crippen LogP contribution in [0.5, 0.6) is 0 Å². The largest absolute Gasteiger partial charge is 0.462 e. The molecule has 2 aromatic rings. The molecule has 128 valence electrons. The summed E-state index contributed by atoms with van der Waals surface area (Å²) >= 11 is 0. The third-order valence-corrected chi connectivity index (χ3v) is 5.58. The maximum absolute atomic E-state index is 11.8. The second kappa shape index (κ2) is 6.51. The van der Waals surface area contributed by atoms with Crippen LogP contribution in [-0.4, -0.2) is 12.6 Å². The molecule has 2 nitrogen and oxygen atoms in total. The van der Waals surface area contributed by atoms with Gasteiger partial charge in [0.1, 0.15) is 0 Å². The lowest BCUT2D eigenvalue weighted by atomic mass is 9.78. The Morgan fingerprint density at radius 3 is 2.68 bits per heavy atom. The van der Waals surface area contributed by atoms with E-state index in [9.17, 15) is 4.79 Å². The molecule has 0 heterocycles. The van der Waals surface area contributed by atoms with E-state index in [4.69, 9.17) is 4.74 Å². The summed E-state index contributed by atoms with van der Waals surface area (Å²) in [7, 11) is 0. The fourth-order valence-electron chi connectivity index (χ4n) is 4.32. The fourth-order valence-corrected chi connectivity index (χ4v) is 4.32. The van der Waals surface area contributed by atoms with Gasteiger partial charge < -0.3 is 4.74 Å². The third-order valence-electron chi connectivity index (χ3n) is 5.58. The third kappa shape index (κ3) is 3.13. The molecule has 25 heavy (non-hydrogen) atoms. The molecule has 2 aromatic carbocycles. The van der Waals surface area contributed by atoms with Gasteiger partial charge in [-0.15, -0.1) is 0 Å². The minimum absolute atomic E-state index is 0.253. The summed E-state index contributed by atoms with van der Waals surface area (Å²) in [4.78, 5) is 11.8. The first-order valence-corrected chi connectivity index (χ1v) is 9.20. The average Bonchev–Trinajstić information content (AvgIpc) is 3.39. The molecular formula is C23H24O2. The van der Waals surface area contributed by atoms with Gasteiger partial charge in [0.15, 0.2) is 0 Å². The van der Waals surface area contributed by atoms with Gasteiger partial charge in [0.25, 0.3) is 0 Å². The standard InChI is InChI=1S/C23H24O2/c1-3-25-23(24)17-10-8-16(9-11-17)12-15(2)22-20-7-5-4-6-18(20)13-19-14-21(19)22/h4-12,19,21-22H,3,13-14H2,1-2H3/b15-12-. The van der Waals surface area contributed by atoms with Crippen molar-refractivity contribution >= 4 is 12.0 Å². The van der Waals surface area contributed by atoms with Gasteiger partial charge in [-0.25, -0.2) is 4.79 Å². The monoisotopic (exact) mass is 332 g/mol. The van der Waals surface area contributed by atoms with Crippen LogP contribution in [0.25, 0.3) is 6.08 Å². The van der Waals surface area contributed by atoms with E-state index in [1.807, 2.05) is 31.2 Å². The fraction of sp³-hybridized carbons (Fsp3) is 0.348. The highest BCUT2D eigenvalue weighted by atomic mass is 16.5. The Balaban J connectivity index is 1.59. The van der Waals surface area contributed by atoms with E-state index < -0.39 is 0 Å². The van der Waals surface area contributed by atoms with Crippen molar-refractivity contribution in [3.05, 3.63) is 76.4 Å². The van der Waals surface area contributed by atoms with Crippen LogP contribution in [0.3, 0.4) is 0 Å². The molecule has 0 amide bonds. The first-order valence-electron chi connectivity index (χ1n) is 9.20. The number of ether oxygens (including phenoxy) is 1. The molecule has 4 rings (SSSR count). The second-order valence-corrected chi connectivity index (χ2v) is 7.27. The molecule has 2 aliphatic rings. The first kappa shape index (κ1) is 16.1. The number of hydrogen-bond donors (Lipinski definition) is 0. The highest BCUT2D eigenvalue weighted by Crippen LogP contribution is 2.57. The van der Waals surface area contributed by atoms with Crippen molar-refractivity contribution in [2.75, 3.05) is 6.61 Å². The van der Waals surface area contributed by atoms with E-state index in [1.54, 1.807) is 0 Å². The minimum Gasteiger partial charge on any atom is -0.462 e. The lowest BCUT2D eigenvalue weighted by molar-refractivity contribution is 0.0526. The van der Waals surface area contributed by atoms with E-state index >= 15 is 0 Å². The summed E-state index contributed by atoms with van der Waals surface area (Å²) in [5.74, 6) is 1.97. The number of carbonyl (C=O) groups is 1. The molecule has 0 saturated heterocycles. The minimum atomic E-state index is -0.253. The Labute approximate surface area is 149 Å². The molecule has 3 atom stereocenters. The van der Waals surface area contributed by atoms with Crippen molar-refractivity contribution < 1.29 is 9.53 Å². The molecule has 0 N–H and O–H groups in total. The lowest BCUT2D eigenvalue weighted by Gasteiger charge is -2.26. The predicted octanol–water partition coefficient (Wildman–Crippen LogP) is 5.24. The van der Waals surface area contributed by atoms with E-state index in [2.05, 4.69) is 37.3 Å². The molecule has 0 radical (unpaired) electrons. The molecule has 1 saturated carbocycles. The van der Waals surface area contributed by atoms with Gasteiger partial charge in [-0.2, -0.15) is 0 Å². The maximum atomic E-state index is 11.8. The van der Waals surface area contributed by atoms with E-state index in [0.29, 0.717) is 18.1 Å². The lowest BCUT2D eigenvalue weighted by Crippen LogP contribution is -2.13. The van der Waals surface area contributed by atoms with Gasteiger partial charge in [-0.1, -0.05) is 48.0 Å². The highest BCUT2D eigenvalue weighted by molar-refractivity contribution is 5.89. The van der Waals surface area contributed by atoms with Crippen LogP contribution in [0.1, 0.15) is 53.2 Å². The van der Waals surface area contributed by atoms with Gasteiger partial charge in [0, 0.05) is 5.92 Å². The molecule has 0 bridgehead atoms. The van der Waals surface area contributed by atoms with Crippen molar-refractivity contribution in [3.63, 3.8) is 0 Å². The van der Waals surface area contributed by atoms with E-state index in [-0.39, 0.29) is 5.97 Å². The molecule has 0 spiro atoms. The van der Waals surface area contributed by atoms with Crippen LogP contribution in [0.2, 0.25) is 0 Å². The molecule has 0 aromatic heterocycles. The maximum Gasteiger partial charge on any atom is 0.338 e. The number of rotatable bonds is 4. The van der Waals surface area contributed by atoms with Crippen LogP contribution in [0.15, 0.2) is 54.1 Å². The van der Waals surface area contributed by atoms with Crippen molar-refractivity contribution in [1.82, 2.24) is 0 Å². The predicted molar refractivity (Wildman–Crippen MR) is 101 cm³/mol. The Hall–Kier alpha value is -2.35. The summed E-state index contributed by atoms with van der Waals surface area (Å²) in [5, 5.41) is 0. The number of allylic oxidation sites excluding steroid dienone is 1. The topological polar surface area (TPSA) is 26.3 Å². The van der Waals surface area contributed by atoms with Gasteiger partial charge in [-0.05, 0) is 67.3 Å². The Kier molecular flexibility index (Phi) is 4.20. The molecule has 0 aliphatic heterocycles. The number of benzene rings is 2. The van der Waals surface area contributed by atoms with Crippen LogP contribution in [0.4, 0.5) is 0 Å². The molecule has 2 aliphatic carbocycles. The number of fused-ring (bicyclic) bond motifs is 2. The van der Waals surface area contributed by atoms with Crippen molar-refractivity contribution in [2.45, 2.75) is 32.6 Å². The van der Waals surface area contributed by atoms with Gasteiger partial charge in [-0.3, -0.25) is 0 Å². The zero-order valence-corrected chi connectivity index (χ0v) is 14.9. The zero-order chi connectivity index (χ0) is 17.4. The molecule has 2 heteroatoms. The SMILES string of the molecule is CCOC(=O)c1ccc(/C=C(/C)C2c3ccccc3CC3CC32)cc1. The van der Waals surface area contributed by atoms with E-state index in [1.165, 1.54) is 29.5 Å². The summed E-state index contributed by atoms with van der Waals surface area (Å²) in [5.41, 5.74) is 6.21. The average molecular weight is 332 g/mol. The first-order chi connectivity index (χ1) is 12.2. The zero-order valence-electron chi connectivity index (χ0n) is 14.9. The van der Waals surface area contributed by atoms with Crippen LogP contribution in [0, 0.1) is 11.8 Å². The number of carbonyl (C=O) groups excluding carboxylic acids is 1. The molecule has 1 fully saturated rings. The Morgan fingerprint density at radius 2 is 1.92 bits per heavy atom. The van der Waals surface area contributed by atoms with Crippen LogP contribution >= 0.6 is 0 Å². The number of hydrogen-bond acceptors (Lipinski definition) is 2. The molecular weight excluding hydrogens is 308 g/mol. The van der Waals surface area contributed by atoms with Gasteiger partial charge in [0.2, 0.25) is 0 Å². The van der Waals surface area contributed by atoms with Crippen LogP contribution in [-0.2, 0) is 11.2 Å². The van der Waals surface area contributed by atoms with Gasteiger partial charge in [0.05, 0.1) is 12.2 Å². The summed E-state index contributed by atoms with van der Waals surface area (Å²) in [6, 6.07) is 16.6. The summed E-state index contributed by atoms with van der Waals surface area (Å²) in [6.07, 6.45) is 4.88. The summed E-state index contributed by atoms with van der Waals surface area (Å²) in [6.45, 7) is 4.48. The van der Waals surface area contributed by atoms with Gasteiger partial charge >= 0.3 is 5.97 Å². The quantitative estimate of drug-likeness (QED) is 0.715. The normalized spacial score (nSPS) is 24.2. The Bertz CT molecular complexity index is 816. The molecule has 3 unspecified atom stereocenters. The van der Waals surface area contributed by atoms with E-state index in [0.717, 1.165) is 17.4 Å². The van der Waals surface area contributed by atoms with Crippen molar-refractivity contribution in [3.8, 4) is 0 Å².